The van der Waals surface area contributed by atoms with E-state index in [2.05, 4.69) is 19.9 Å². The summed E-state index contributed by atoms with van der Waals surface area (Å²) in [7, 11) is 0. The van der Waals surface area contributed by atoms with Crippen molar-refractivity contribution in [2.75, 3.05) is 5.73 Å². The number of nitrogen functional groups attached to an aromatic ring is 1. The second-order valence-corrected chi connectivity index (χ2v) is 6.14. The average Bonchev–Trinajstić information content (AvgIpc) is 2.61. The smallest absolute Gasteiger partial charge is 0.294 e. The van der Waals surface area contributed by atoms with Crippen LogP contribution < -0.4 is 11.3 Å². The monoisotopic (exact) mass is 287 g/mol. The van der Waals surface area contributed by atoms with Gasteiger partial charge in [-0.2, -0.15) is 0 Å². The first-order chi connectivity index (χ1) is 9.85. The van der Waals surface area contributed by atoms with Crippen LogP contribution in [0, 0.1) is 19.8 Å². The number of aromatic nitrogens is 2. The van der Waals surface area contributed by atoms with Crippen LogP contribution in [-0.2, 0) is 13.0 Å². The number of hydrogen-bond acceptors (Lipinski definition) is 2. The highest BCUT2D eigenvalue weighted by atomic mass is 16.1. The molecule has 0 saturated carbocycles. The highest BCUT2D eigenvalue weighted by Crippen LogP contribution is 2.19. The van der Waals surface area contributed by atoms with Crippen molar-refractivity contribution in [1.29, 1.82) is 0 Å². The summed E-state index contributed by atoms with van der Waals surface area (Å²) in [4.78, 5) is 12.6. The fraction of sp³-hybridized carbons (Fsp3) is 0.471. The molecule has 4 heteroatoms. The summed E-state index contributed by atoms with van der Waals surface area (Å²) < 4.78 is 3.72. The first-order valence-electron chi connectivity index (χ1n) is 7.54. The Hall–Kier alpha value is -1.97. The van der Waals surface area contributed by atoms with Gasteiger partial charge in [0.05, 0.1) is 11.4 Å². The van der Waals surface area contributed by atoms with Crippen LogP contribution in [0.3, 0.4) is 0 Å². The molecule has 0 atom stereocenters. The Morgan fingerprint density at radius 3 is 2.19 bits per heavy atom. The summed E-state index contributed by atoms with van der Waals surface area (Å²) in [5, 5.41) is 0. The Kier molecular flexibility index (Phi) is 4.26. The number of hydrogen-bond donors (Lipinski definition) is 1. The normalized spacial score (nSPS) is 11.3. The van der Waals surface area contributed by atoms with Crippen molar-refractivity contribution >= 4 is 5.69 Å². The van der Waals surface area contributed by atoms with Gasteiger partial charge in [-0.15, -0.1) is 0 Å². The topological polar surface area (TPSA) is 52.9 Å². The van der Waals surface area contributed by atoms with Gasteiger partial charge in [0.2, 0.25) is 0 Å². The van der Waals surface area contributed by atoms with Crippen LogP contribution in [0.15, 0.2) is 23.0 Å². The summed E-state index contributed by atoms with van der Waals surface area (Å²) in [6.07, 6.45) is 0.812. The van der Waals surface area contributed by atoms with E-state index >= 15 is 0 Å². The zero-order chi connectivity index (χ0) is 15.7. The third-order valence-electron chi connectivity index (χ3n) is 3.64. The third-order valence-corrected chi connectivity index (χ3v) is 3.64. The lowest BCUT2D eigenvalue weighted by atomic mass is 10.1. The van der Waals surface area contributed by atoms with Crippen LogP contribution in [0.2, 0.25) is 0 Å². The van der Waals surface area contributed by atoms with Gasteiger partial charge in [-0.3, -0.25) is 9.48 Å². The van der Waals surface area contributed by atoms with Crippen molar-refractivity contribution < 1.29 is 0 Å². The number of nitrogens with zero attached hydrogens (tertiary/aromatic N) is 2. The predicted octanol–water partition coefficient (Wildman–Crippen LogP) is 3.06. The summed E-state index contributed by atoms with van der Waals surface area (Å²) in [6.45, 7) is 11.1. The molecule has 0 aliphatic carbocycles. The molecule has 1 aromatic heterocycles. The lowest BCUT2D eigenvalue weighted by Crippen LogP contribution is -2.22. The molecule has 2 aromatic rings. The molecule has 0 unspecified atom stereocenters. The summed E-state index contributed by atoms with van der Waals surface area (Å²) in [5.74, 6) is 0.458. The predicted molar refractivity (Wildman–Crippen MR) is 88.1 cm³/mol. The molecule has 2 rings (SSSR count). The molecule has 1 aromatic carbocycles. The Morgan fingerprint density at radius 2 is 1.71 bits per heavy atom. The van der Waals surface area contributed by atoms with Crippen molar-refractivity contribution in [1.82, 2.24) is 9.36 Å². The van der Waals surface area contributed by atoms with Gasteiger partial charge in [-0.1, -0.05) is 19.9 Å². The third kappa shape index (κ3) is 2.89. The summed E-state index contributed by atoms with van der Waals surface area (Å²) in [5.41, 5.74) is 10.5. The number of anilines is 1. The standard InChI is InChI=1S/C17H25N3O/c1-6-19-15(7-11(2)3)16(18)17(21)20(19)14-9-12(4)8-13(5)10-14/h8-11H,6-7,18H2,1-5H3. The first-order valence-corrected chi connectivity index (χ1v) is 7.54. The Balaban J connectivity index is 2.71. The first kappa shape index (κ1) is 15.4. The molecular formula is C17H25N3O. The minimum Gasteiger partial charge on any atom is -0.393 e. The van der Waals surface area contributed by atoms with E-state index in [0.29, 0.717) is 11.6 Å². The molecule has 0 saturated heterocycles. The zero-order valence-electron chi connectivity index (χ0n) is 13.6. The maximum absolute atomic E-state index is 12.6. The van der Waals surface area contributed by atoms with Gasteiger partial charge in [-0.05, 0) is 56.4 Å². The molecule has 0 aliphatic heterocycles. The Labute approximate surface area is 126 Å². The number of benzene rings is 1. The minimum absolute atomic E-state index is 0.113. The number of rotatable bonds is 4. The van der Waals surface area contributed by atoms with E-state index in [-0.39, 0.29) is 5.56 Å². The van der Waals surface area contributed by atoms with E-state index in [1.807, 2.05) is 37.6 Å². The van der Waals surface area contributed by atoms with Crippen LogP contribution in [0.4, 0.5) is 5.69 Å². The molecule has 1 heterocycles. The highest BCUT2D eigenvalue weighted by molar-refractivity contribution is 5.47. The Bertz CT molecular complexity index is 687. The van der Waals surface area contributed by atoms with E-state index in [4.69, 9.17) is 5.73 Å². The van der Waals surface area contributed by atoms with Gasteiger partial charge in [0.1, 0.15) is 5.69 Å². The summed E-state index contributed by atoms with van der Waals surface area (Å²) >= 11 is 0. The van der Waals surface area contributed by atoms with Gasteiger partial charge in [0.25, 0.3) is 5.56 Å². The fourth-order valence-corrected chi connectivity index (χ4v) is 2.87. The largest absolute Gasteiger partial charge is 0.393 e. The number of aryl methyl sites for hydroxylation is 2. The molecule has 0 spiro atoms. The fourth-order valence-electron chi connectivity index (χ4n) is 2.87. The molecule has 0 bridgehead atoms. The van der Waals surface area contributed by atoms with Gasteiger partial charge in [0, 0.05) is 6.54 Å². The summed E-state index contributed by atoms with van der Waals surface area (Å²) in [6, 6.07) is 6.16. The maximum Gasteiger partial charge on any atom is 0.294 e. The highest BCUT2D eigenvalue weighted by Gasteiger charge is 2.18. The van der Waals surface area contributed by atoms with Crippen molar-refractivity contribution in [3.63, 3.8) is 0 Å². The second kappa shape index (κ2) is 5.80. The van der Waals surface area contributed by atoms with Gasteiger partial charge in [-0.25, -0.2) is 4.68 Å². The Morgan fingerprint density at radius 1 is 1.14 bits per heavy atom. The van der Waals surface area contributed by atoms with E-state index in [1.165, 1.54) is 0 Å². The lowest BCUT2D eigenvalue weighted by molar-refractivity contribution is 0.519. The molecule has 0 amide bonds. The number of nitrogens with two attached hydrogens (primary N) is 1. The van der Waals surface area contributed by atoms with E-state index in [1.54, 1.807) is 4.68 Å². The SMILES string of the molecule is CCn1c(CC(C)C)c(N)c(=O)n1-c1cc(C)cc(C)c1. The lowest BCUT2D eigenvalue weighted by Gasteiger charge is -2.15. The molecule has 4 nitrogen and oxygen atoms in total. The molecule has 2 N–H and O–H groups in total. The quantitative estimate of drug-likeness (QED) is 0.939. The van der Waals surface area contributed by atoms with Crippen LogP contribution in [0.25, 0.3) is 5.69 Å². The van der Waals surface area contributed by atoms with Crippen molar-refractivity contribution in [2.45, 2.75) is 47.6 Å². The van der Waals surface area contributed by atoms with Crippen LogP contribution >= 0.6 is 0 Å². The second-order valence-electron chi connectivity index (χ2n) is 6.14. The van der Waals surface area contributed by atoms with Gasteiger partial charge >= 0.3 is 0 Å². The molecule has 21 heavy (non-hydrogen) atoms. The molecule has 0 radical (unpaired) electrons. The van der Waals surface area contributed by atoms with Crippen molar-refractivity contribution in [3.8, 4) is 5.69 Å². The molecule has 0 fully saturated rings. The molecular weight excluding hydrogens is 262 g/mol. The van der Waals surface area contributed by atoms with Crippen molar-refractivity contribution in [3.05, 3.63) is 45.4 Å². The van der Waals surface area contributed by atoms with Crippen LogP contribution in [0.5, 0.6) is 0 Å². The van der Waals surface area contributed by atoms with Crippen LogP contribution in [0.1, 0.15) is 37.6 Å². The zero-order valence-corrected chi connectivity index (χ0v) is 13.6. The molecule has 0 aliphatic rings. The van der Waals surface area contributed by atoms with Crippen LogP contribution in [-0.4, -0.2) is 9.36 Å². The maximum atomic E-state index is 12.6. The van der Waals surface area contributed by atoms with E-state index in [9.17, 15) is 4.79 Å². The van der Waals surface area contributed by atoms with E-state index < -0.39 is 0 Å². The average molecular weight is 287 g/mol. The molecule has 114 valence electrons. The van der Waals surface area contributed by atoms with E-state index in [0.717, 1.165) is 35.5 Å². The minimum atomic E-state index is -0.113. The van der Waals surface area contributed by atoms with Gasteiger partial charge in [0.15, 0.2) is 0 Å². The van der Waals surface area contributed by atoms with Crippen molar-refractivity contribution in [2.24, 2.45) is 5.92 Å². The van der Waals surface area contributed by atoms with Gasteiger partial charge < -0.3 is 5.73 Å².